The molecule has 3 nitrogen and oxygen atoms in total. The van der Waals surface area contributed by atoms with Crippen LogP contribution in [0.25, 0.3) is 5.57 Å². The first-order chi connectivity index (χ1) is 7.56. The van der Waals surface area contributed by atoms with Crippen molar-refractivity contribution >= 4 is 17.2 Å². The zero-order valence-corrected chi connectivity index (χ0v) is 9.91. The van der Waals surface area contributed by atoms with Gasteiger partial charge >= 0.3 is 5.97 Å². The third-order valence-electron chi connectivity index (χ3n) is 2.13. The summed E-state index contributed by atoms with van der Waals surface area (Å²) >= 11 is 0. The Kier molecular flexibility index (Phi) is 4.11. The predicted molar refractivity (Wildman–Crippen MR) is 66.3 cm³/mol. The Hall–Kier alpha value is -1.77. The zero-order valence-electron chi connectivity index (χ0n) is 9.91. The summed E-state index contributed by atoms with van der Waals surface area (Å²) in [6.07, 6.45) is 0. The lowest BCUT2D eigenvalue weighted by molar-refractivity contribution is -0.133. The van der Waals surface area contributed by atoms with Crippen molar-refractivity contribution in [3.05, 3.63) is 36.4 Å². The van der Waals surface area contributed by atoms with E-state index < -0.39 is 5.97 Å². The minimum Gasteiger partial charge on any atom is -0.465 e. The molecule has 0 radical (unpaired) electrons. The van der Waals surface area contributed by atoms with E-state index in [1.54, 1.807) is 0 Å². The monoisotopic (exact) mass is 219 g/mol. The number of carbonyl (C=O) groups excluding carboxylic acids is 1. The maximum atomic E-state index is 11.4. The summed E-state index contributed by atoms with van der Waals surface area (Å²) in [5.41, 5.74) is 2.04. The van der Waals surface area contributed by atoms with Gasteiger partial charge in [-0.1, -0.05) is 24.8 Å². The van der Waals surface area contributed by atoms with Crippen LogP contribution in [0.15, 0.2) is 30.8 Å². The molecular formula is C13H17NO2. The average molecular weight is 219 g/mol. The second-order valence-corrected chi connectivity index (χ2v) is 3.81. The molecule has 0 aliphatic carbocycles. The van der Waals surface area contributed by atoms with E-state index in [2.05, 4.69) is 16.6 Å². The Morgan fingerprint density at radius 1 is 1.38 bits per heavy atom. The third-order valence-corrected chi connectivity index (χ3v) is 2.13. The second kappa shape index (κ2) is 5.35. The van der Waals surface area contributed by atoms with Crippen molar-refractivity contribution in [1.29, 1.82) is 0 Å². The van der Waals surface area contributed by atoms with E-state index in [1.807, 2.05) is 38.1 Å². The van der Waals surface area contributed by atoms with Crippen molar-refractivity contribution in [2.75, 3.05) is 12.4 Å². The number of benzene rings is 1. The van der Waals surface area contributed by atoms with Gasteiger partial charge < -0.3 is 10.1 Å². The Morgan fingerprint density at radius 3 is 2.56 bits per heavy atom. The largest absolute Gasteiger partial charge is 0.465 e. The summed E-state index contributed by atoms with van der Waals surface area (Å²) in [7, 11) is 1.35. The summed E-state index contributed by atoms with van der Waals surface area (Å²) in [6.45, 7) is 7.83. The number of methoxy groups -OCH3 is 1. The molecule has 0 atom stereocenters. The van der Waals surface area contributed by atoms with Crippen LogP contribution < -0.4 is 5.32 Å². The van der Waals surface area contributed by atoms with Crippen molar-refractivity contribution in [1.82, 2.24) is 0 Å². The van der Waals surface area contributed by atoms with Gasteiger partial charge in [0.05, 0.1) is 12.7 Å². The van der Waals surface area contributed by atoms with Gasteiger partial charge in [0.25, 0.3) is 0 Å². The zero-order chi connectivity index (χ0) is 12.1. The van der Waals surface area contributed by atoms with E-state index in [-0.39, 0.29) is 0 Å². The van der Waals surface area contributed by atoms with Crippen molar-refractivity contribution in [3.63, 3.8) is 0 Å². The highest BCUT2D eigenvalue weighted by molar-refractivity contribution is 6.17. The fraction of sp³-hybridized carbons (Fsp3) is 0.308. The number of hydrogen-bond donors (Lipinski definition) is 1. The van der Waals surface area contributed by atoms with Gasteiger partial charge in [0, 0.05) is 17.3 Å². The Labute approximate surface area is 96.1 Å². The minimum atomic E-state index is -0.405. The van der Waals surface area contributed by atoms with Gasteiger partial charge in [-0.2, -0.15) is 0 Å². The lowest BCUT2D eigenvalue weighted by atomic mass is 10.1. The predicted octanol–water partition coefficient (Wildman–Crippen LogP) is 2.69. The molecule has 1 aromatic carbocycles. The molecule has 1 N–H and O–H groups in total. The van der Waals surface area contributed by atoms with Gasteiger partial charge in [-0.15, -0.1) is 0 Å². The molecular weight excluding hydrogens is 202 g/mol. The first-order valence-electron chi connectivity index (χ1n) is 5.19. The second-order valence-electron chi connectivity index (χ2n) is 3.81. The van der Waals surface area contributed by atoms with Crippen LogP contribution in [0, 0.1) is 0 Å². The molecule has 0 aliphatic heterocycles. The quantitative estimate of drug-likeness (QED) is 0.625. The van der Waals surface area contributed by atoms with E-state index in [1.165, 1.54) is 7.11 Å². The molecule has 86 valence electrons. The van der Waals surface area contributed by atoms with Crippen LogP contribution in [-0.2, 0) is 9.53 Å². The number of para-hydroxylation sites is 1. The molecule has 0 spiro atoms. The van der Waals surface area contributed by atoms with Crippen LogP contribution in [0.4, 0.5) is 5.69 Å². The van der Waals surface area contributed by atoms with Crippen molar-refractivity contribution in [3.8, 4) is 0 Å². The maximum absolute atomic E-state index is 11.4. The summed E-state index contributed by atoms with van der Waals surface area (Å²) < 4.78 is 4.66. The van der Waals surface area contributed by atoms with Crippen molar-refractivity contribution < 1.29 is 9.53 Å². The van der Waals surface area contributed by atoms with Gasteiger partial charge in [-0.3, -0.25) is 0 Å². The summed E-state index contributed by atoms with van der Waals surface area (Å²) in [5, 5.41) is 3.26. The van der Waals surface area contributed by atoms with Gasteiger partial charge in [-0.05, 0) is 19.9 Å². The number of carbonyl (C=O) groups is 1. The fourth-order valence-corrected chi connectivity index (χ4v) is 1.42. The van der Waals surface area contributed by atoms with E-state index in [4.69, 9.17) is 0 Å². The highest BCUT2D eigenvalue weighted by atomic mass is 16.5. The Balaban J connectivity index is 3.03. The molecule has 3 heteroatoms. The molecule has 0 saturated heterocycles. The molecule has 16 heavy (non-hydrogen) atoms. The van der Waals surface area contributed by atoms with E-state index >= 15 is 0 Å². The number of hydrogen-bond acceptors (Lipinski definition) is 3. The standard InChI is InChI=1S/C13H17NO2/c1-9(2)14-12-8-6-5-7-11(12)10(3)13(15)16-4/h5-9,14H,3H2,1-2,4H3. The van der Waals surface area contributed by atoms with Crippen LogP contribution in [0.5, 0.6) is 0 Å². The van der Waals surface area contributed by atoms with Crippen LogP contribution in [0.1, 0.15) is 19.4 Å². The lowest BCUT2D eigenvalue weighted by Gasteiger charge is -2.15. The SMILES string of the molecule is C=C(C(=O)OC)c1ccccc1NC(C)C. The number of esters is 1. The number of ether oxygens (including phenoxy) is 1. The molecule has 0 bridgehead atoms. The smallest absolute Gasteiger partial charge is 0.337 e. The van der Waals surface area contributed by atoms with E-state index in [0.717, 1.165) is 11.3 Å². The van der Waals surface area contributed by atoms with E-state index in [9.17, 15) is 4.79 Å². The van der Waals surface area contributed by atoms with Gasteiger partial charge in [0.15, 0.2) is 0 Å². The van der Waals surface area contributed by atoms with Crippen LogP contribution >= 0.6 is 0 Å². The highest BCUT2D eigenvalue weighted by Crippen LogP contribution is 2.23. The number of rotatable bonds is 4. The normalized spacial score (nSPS) is 10.0. The van der Waals surface area contributed by atoms with Crippen molar-refractivity contribution in [2.24, 2.45) is 0 Å². The van der Waals surface area contributed by atoms with Crippen LogP contribution in [0.3, 0.4) is 0 Å². The summed E-state index contributed by atoms with van der Waals surface area (Å²) in [4.78, 5) is 11.4. The third kappa shape index (κ3) is 2.86. The lowest BCUT2D eigenvalue weighted by Crippen LogP contribution is -2.12. The van der Waals surface area contributed by atoms with Crippen LogP contribution in [-0.4, -0.2) is 19.1 Å². The maximum Gasteiger partial charge on any atom is 0.337 e. The fourth-order valence-electron chi connectivity index (χ4n) is 1.42. The molecule has 0 unspecified atom stereocenters. The van der Waals surface area contributed by atoms with Crippen molar-refractivity contribution in [2.45, 2.75) is 19.9 Å². The summed E-state index contributed by atoms with van der Waals surface area (Å²) in [5.74, 6) is -0.405. The highest BCUT2D eigenvalue weighted by Gasteiger charge is 2.13. The number of anilines is 1. The molecule has 0 fully saturated rings. The number of nitrogens with one attached hydrogen (secondary N) is 1. The molecule has 0 heterocycles. The molecule has 1 rings (SSSR count). The van der Waals surface area contributed by atoms with Gasteiger partial charge in [0.2, 0.25) is 0 Å². The molecule has 0 aromatic heterocycles. The molecule has 0 amide bonds. The molecule has 0 aliphatic rings. The van der Waals surface area contributed by atoms with Crippen LogP contribution in [0.2, 0.25) is 0 Å². The van der Waals surface area contributed by atoms with E-state index in [0.29, 0.717) is 11.6 Å². The van der Waals surface area contributed by atoms with Gasteiger partial charge in [0.1, 0.15) is 0 Å². The first-order valence-corrected chi connectivity index (χ1v) is 5.19. The average Bonchev–Trinajstić information content (AvgIpc) is 2.27. The topological polar surface area (TPSA) is 38.3 Å². The summed E-state index contributed by atoms with van der Waals surface area (Å²) in [6, 6.07) is 7.85. The Bertz CT molecular complexity index is 397. The first kappa shape index (κ1) is 12.3. The molecule has 0 saturated carbocycles. The van der Waals surface area contributed by atoms with Gasteiger partial charge in [-0.25, -0.2) is 4.79 Å². The minimum absolute atomic E-state index is 0.298. The Morgan fingerprint density at radius 2 is 2.00 bits per heavy atom. The molecule has 1 aromatic rings.